The van der Waals surface area contributed by atoms with Crippen LogP contribution in [0, 0.1) is 0 Å². The predicted octanol–water partition coefficient (Wildman–Crippen LogP) is 4.92. The van der Waals surface area contributed by atoms with Gasteiger partial charge in [0.2, 0.25) is 11.8 Å². The topological polar surface area (TPSA) is 55.9 Å². The first kappa shape index (κ1) is 27.2. The number of thiol groups is 1. The fourth-order valence-electron chi connectivity index (χ4n) is 6.91. The molecule has 3 aromatic rings. The van der Waals surface area contributed by atoms with Gasteiger partial charge in [-0.15, -0.1) is 0 Å². The van der Waals surface area contributed by atoms with E-state index in [0.29, 0.717) is 19.4 Å². The molecule has 0 saturated carbocycles. The number of piperazine rings is 1. The molecule has 6 rings (SSSR count). The molecule has 0 spiro atoms. The van der Waals surface area contributed by atoms with Gasteiger partial charge in [0.05, 0.1) is 17.5 Å². The number of imide groups is 1. The molecule has 0 aliphatic carbocycles. The summed E-state index contributed by atoms with van der Waals surface area (Å²) in [6.07, 6.45) is 0.925. The summed E-state index contributed by atoms with van der Waals surface area (Å²) in [6.45, 7) is 9.17. The lowest BCUT2D eigenvalue weighted by Crippen LogP contribution is -2.59. The van der Waals surface area contributed by atoms with Crippen LogP contribution in [-0.4, -0.2) is 57.7 Å². The molecule has 2 unspecified atom stereocenters. The molecular weight excluding hydrogens is 516 g/mol. The van der Waals surface area contributed by atoms with E-state index in [4.69, 9.17) is 12.6 Å². The molecule has 2 atom stereocenters. The Labute approximate surface area is 242 Å². The number of hydrogen-bond donors (Lipinski definition) is 2. The van der Waals surface area contributed by atoms with Crippen molar-refractivity contribution in [3.63, 3.8) is 0 Å². The molecular formula is C33H38N4O2S. The van der Waals surface area contributed by atoms with Crippen molar-refractivity contribution in [2.24, 2.45) is 0 Å². The highest BCUT2D eigenvalue weighted by molar-refractivity contribution is 7.80. The second kappa shape index (κ2) is 11.1. The van der Waals surface area contributed by atoms with E-state index < -0.39 is 0 Å². The molecule has 0 radical (unpaired) electrons. The van der Waals surface area contributed by atoms with Gasteiger partial charge in [-0.2, -0.15) is 12.6 Å². The Morgan fingerprint density at radius 3 is 2.23 bits per heavy atom. The van der Waals surface area contributed by atoms with E-state index >= 15 is 0 Å². The summed E-state index contributed by atoms with van der Waals surface area (Å²) in [4.78, 5) is 31.7. The normalized spacial score (nSPS) is 23.8. The van der Waals surface area contributed by atoms with Crippen molar-refractivity contribution in [1.82, 2.24) is 20.0 Å². The molecule has 0 aromatic heterocycles. The van der Waals surface area contributed by atoms with Gasteiger partial charge in [-0.05, 0) is 48.1 Å². The Morgan fingerprint density at radius 2 is 1.60 bits per heavy atom. The Hall–Kier alpha value is -2.97. The summed E-state index contributed by atoms with van der Waals surface area (Å²) in [5.74, 6) is -0.383. The second-order valence-corrected chi connectivity index (χ2v) is 12.4. The van der Waals surface area contributed by atoms with E-state index in [1.165, 1.54) is 27.8 Å². The van der Waals surface area contributed by atoms with E-state index in [2.05, 4.69) is 113 Å². The molecule has 1 N–H and O–H groups in total. The smallest absolute Gasteiger partial charge is 0.243 e. The molecule has 3 aliphatic rings. The zero-order valence-corrected chi connectivity index (χ0v) is 24.2. The Morgan fingerprint density at radius 1 is 0.925 bits per heavy atom. The first-order valence-electron chi connectivity index (χ1n) is 14.3. The Bertz CT molecular complexity index is 1340. The monoisotopic (exact) mass is 554 g/mol. The summed E-state index contributed by atoms with van der Waals surface area (Å²) < 4.78 is 0. The van der Waals surface area contributed by atoms with Crippen LogP contribution in [0.2, 0.25) is 0 Å². The van der Waals surface area contributed by atoms with Gasteiger partial charge in [0.15, 0.2) is 0 Å². The van der Waals surface area contributed by atoms with Gasteiger partial charge in [-0.25, -0.2) is 0 Å². The number of piperidine rings is 1. The Balaban J connectivity index is 1.20. The highest BCUT2D eigenvalue weighted by Gasteiger charge is 2.41. The molecule has 2 saturated heterocycles. The lowest BCUT2D eigenvalue weighted by molar-refractivity contribution is -0.137. The maximum atomic E-state index is 12.6. The summed E-state index contributed by atoms with van der Waals surface area (Å²) in [6, 6.07) is 28.1. The summed E-state index contributed by atoms with van der Waals surface area (Å²) in [5.41, 5.74) is 6.36. The number of rotatable bonds is 6. The van der Waals surface area contributed by atoms with E-state index in [9.17, 15) is 9.59 Å². The van der Waals surface area contributed by atoms with E-state index in [0.717, 1.165) is 26.2 Å². The van der Waals surface area contributed by atoms with Crippen LogP contribution in [0.3, 0.4) is 0 Å². The highest BCUT2D eigenvalue weighted by atomic mass is 32.1. The van der Waals surface area contributed by atoms with Gasteiger partial charge < -0.3 is 0 Å². The average Bonchev–Trinajstić information content (AvgIpc) is 3.28. The maximum Gasteiger partial charge on any atom is 0.243 e. The van der Waals surface area contributed by atoms with Crippen molar-refractivity contribution < 1.29 is 9.59 Å². The number of nitrogens with zero attached hydrogens (tertiary/aromatic N) is 3. The number of carbonyl (C=O) groups excluding carboxylic acids is 2. The van der Waals surface area contributed by atoms with E-state index in [-0.39, 0.29) is 34.8 Å². The minimum atomic E-state index is -0.323. The van der Waals surface area contributed by atoms with Gasteiger partial charge in [-0.1, -0.05) is 78.9 Å². The third-order valence-electron chi connectivity index (χ3n) is 8.83. The summed E-state index contributed by atoms with van der Waals surface area (Å²) in [5, 5.41) is 2.36. The van der Waals surface area contributed by atoms with Crippen LogP contribution >= 0.6 is 12.6 Å². The van der Waals surface area contributed by atoms with Gasteiger partial charge in [0.25, 0.3) is 0 Å². The second-order valence-electron chi connectivity index (χ2n) is 11.9. The average molecular weight is 555 g/mol. The SMILES string of the molecule is CC1(C)CN(Cc2cccc3c2CN(C2CCC(=O)NC2=O)C3S)CCN1C(c1ccccc1)c1ccccc1. The number of amides is 2. The number of hydrogen-bond acceptors (Lipinski definition) is 6. The molecule has 7 heteroatoms. The standard InChI is InChI=1S/C33H38N4O2S/c1-33(2)22-35(18-19-37(33)30(23-10-5-3-6-11-23)24-12-7-4-8-13-24)20-25-14-9-15-26-27(25)21-36(32(26)40)28-16-17-29(38)34-31(28)39/h3-15,28,30,32,40H,16-22H2,1-2H3,(H,34,38,39). The quantitative estimate of drug-likeness (QED) is 0.335. The summed E-state index contributed by atoms with van der Waals surface area (Å²) in [7, 11) is 0. The largest absolute Gasteiger partial charge is 0.296 e. The van der Waals surface area contributed by atoms with Gasteiger partial charge in [0, 0.05) is 44.7 Å². The van der Waals surface area contributed by atoms with Crippen molar-refractivity contribution in [3.8, 4) is 0 Å². The molecule has 40 heavy (non-hydrogen) atoms. The molecule has 3 aliphatic heterocycles. The van der Waals surface area contributed by atoms with Crippen LogP contribution < -0.4 is 5.32 Å². The van der Waals surface area contributed by atoms with Crippen LogP contribution in [0.5, 0.6) is 0 Å². The molecule has 0 bridgehead atoms. The van der Waals surface area contributed by atoms with E-state index in [1.54, 1.807) is 0 Å². The number of benzene rings is 3. The molecule has 2 amide bonds. The molecule has 3 heterocycles. The maximum absolute atomic E-state index is 12.6. The van der Waals surface area contributed by atoms with Crippen molar-refractivity contribution in [3.05, 3.63) is 107 Å². The zero-order valence-electron chi connectivity index (χ0n) is 23.3. The van der Waals surface area contributed by atoms with E-state index in [1.807, 2.05) is 0 Å². The third-order valence-corrected chi connectivity index (χ3v) is 9.41. The Kier molecular flexibility index (Phi) is 7.57. The number of fused-ring (bicyclic) bond motifs is 1. The van der Waals surface area contributed by atoms with Crippen molar-refractivity contribution in [2.45, 2.75) is 62.8 Å². The lowest BCUT2D eigenvalue weighted by Gasteiger charge is -2.51. The van der Waals surface area contributed by atoms with Crippen molar-refractivity contribution in [2.75, 3.05) is 19.6 Å². The minimum absolute atomic E-state index is 0.0443. The van der Waals surface area contributed by atoms with Crippen molar-refractivity contribution in [1.29, 1.82) is 0 Å². The molecule has 2 fully saturated rings. The fourth-order valence-corrected chi connectivity index (χ4v) is 7.40. The van der Waals surface area contributed by atoms with Crippen LogP contribution in [0.1, 0.15) is 65.9 Å². The highest BCUT2D eigenvalue weighted by Crippen LogP contribution is 2.42. The predicted molar refractivity (Wildman–Crippen MR) is 161 cm³/mol. The third kappa shape index (κ3) is 5.23. The summed E-state index contributed by atoms with van der Waals surface area (Å²) >= 11 is 4.93. The van der Waals surface area contributed by atoms with Crippen molar-refractivity contribution >= 4 is 24.4 Å². The van der Waals surface area contributed by atoms with Gasteiger partial charge in [-0.3, -0.25) is 29.6 Å². The lowest BCUT2D eigenvalue weighted by atomic mass is 9.89. The van der Waals surface area contributed by atoms with Gasteiger partial charge in [0.1, 0.15) is 0 Å². The minimum Gasteiger partial charge on any atom is -0.296 e. The van der Waals surface area contributed by atoms with Crippen LogP contribution in [0.15, 0.2) is 78.9 Å². The molecule has 3 aromatic carbocycles. The first-order chi connectivity index (χ1) is 19.3. The van der Waals surface area contributed by atoms with Crippen LogP contribution in [-0.2, 0) is 22.7 Å². The number of nitrogens with one attached hydrogen (secondary N) is 1. The number of carbonyl (C=O) groups is 2. The first-order valence-corrected chi connectivity index (χ1v) is 14.8. The van der Waals surface area contributed by atoms with Crippen LogP contribution in [0.4, 0.5) is 0 Å². The van der Waals surface area contributed by atoms with Gasteiger partial charge >= 0.3 is 0 Å². The zero-order chi connectivity index (χ0) is 27.9. The molecule has 6 nitrogen and oxygen atoms in total. The molecule has 208 valence electrons. The van der Waals surface area contributed by atoms with Crippen LogP contribution in [0.25, 0.3) is 0 Å². The fraction of sp³-hybridized carbons (Fsp3) is 0.394.